The van der Waals surface area contributed by atoms with Crippen LogP contribution in [0.25, 0.3) is 10.8 Å². The van der Waals surface area contributed by atoms with Crippen molar-refractivity contribution in [3.05, 3.63) is 48.6 Å². The van der Waals surface area contributed by atoms with Gasteiger partial charge in [-0.1, -0.05) is 36.4 Å². The van der Waals surface area contributed by atoms with E-state index < -0.39 is 44.3 Å². The van der Waals surface area contributed by atoms with E-state index in [0.717, 1.165) is 22.8 Å². The Morgan fingerprint density at radius 3 is 2.49 bits per heavy atom. The Hall–Kier alpha value is -2.64. The molecule has 2 heterocycles. The van der Waals surface area contributed by atoms with Crippen LogP contribution in [0.1, 0.15) is 0 Å². The summed E-state index contributed by atoms with van der Waals surface area (Å²) in [4.78, 5) is 28.1. The number of sulfonamides is 1. The van der Waals surface area contributed by atoms with E-state index in [1.807, 2.05) is 31.1 Å². The normalized spacial score (nSPS) is 26.4. The molecular formula is C25H30N2O8S2. The number of hydrogen-bond acceptors (Lipinski definition) is 10. The van der Waals surface area contributed by atoms with Crippen LogP contribution in [0.2, 0.25) is 0 Å². The fourth-order valence-corrected chi connectivity index (χ4v) is 7.87. The Labute approximate surface area is 220 Å². The summed E-state index contributed by atoms with van der Waals surface area (Å²) >= 11 is 1.03. The maximum absolute atomic E-state index is 13.6. The van der Waals surface area contributed by atoms with E-state index in [0.29, 0.717) is 5.39 Å². The van der Waals surface area contributed by atoms with Gasteiger partial charge in [0.15, 0.2) is 4.75 Å². The maximum atomic E-state index is 13.6. The van der Waals surface area contributed by atoms with Crippen molar-refractivity contribution >= 4 is 50.2 Å². The molecule has 0 saturated carbocycles. The molecule has 0 aliphatic carbocycles. The minimum Gasteiger partial charge on any atom is -0.469 e. The zero-order chi connectivity index (χ0) is 27.0. The zero-order valence-electron chi connectivity index (χ0n) is 21.0. The van der Waals surface area contributed by atoms with Gasteiger partial charge in [-0.2, -0.15) is 0 Å². The second-order valence-corrected chi connectivity index (χ2v) is 12.1. The minimum atomic E-state index is -4.08. The molecule has 2 aliphatic rings. The highest BCUT2D eigenvalue weighted by atomic mass is 32.2. The molecule has 1 saturated heterocycles. The number of nitrogens with one attached hydrogen (secondary N) is 1. The molecular weight excluding hydrogens is 520 g/mol. The molecule has 4 rings (SSSR count). The van der Waals surface area contributed by atoms with Crippen molar-refractivity contribution in [2.24, 2.45) is 5.92 Å². The number of thioether (sulfide) groups is 1. The minimum absolute atomic E-state index is 0.0742. The predicted molar refractivity (Wildman–Crippen MR) is 140 cm³/mol. The molecule has 4 atom stereocenters. The first kappa shape index (κ1) is 27.4. The molecule has 10 nitrogen and oxygen atoms in total. The molecule has 12 heteroatoms. The van der Waals surface area contributed by atoms with Gasteiger partial charge in [-0.15, -0.1) is 11.8 Å². The molecule has 2 bridgehead atoms. The van der Waals surface area contributed by atoms with Crippen molar-refractivity contribution in [1.82, 2.24) is 4.72 Å². The van der Waals surface area contributed by atoms with Crippen molar-refractivity contribution in [2.45, 2.75) is 21.3 Å². The summed E-state index contributed by atoms with van der Waals surface area (Å²) in [7, 11) is 2.06. The number of esters is 2. The topological polar surface area (TPSA) is 131 Å². The molecule has 4 unspecified atom stereocenters. The lowest BCUT2D eigenvalue weighted by molar-refractivity contribution is -0.156. The quantitative estimate of drug-likeness (QED) is 0.330. The lowest BCUT2D eigenvalue weighted by Crippen LogP contribution is -2.58. The second-order valence-electron chi connectivity index (χ2n) is 9.01. The number of nitrogens with zero attached hydrogens (tertiary/aromatic N) is 1. The highest BCUT2D eigenvalue weighted by molar-refractivity contribution is 8.01. The number of rotatable bonds is 10. The standard InChI is InChI=1S/C25H30N2O8S2/c1-27(2)18-9-5-8-17-16(18)7-6-10-19(17)37(31,32)26-15-24-12-11-20(35-24)25(23(30)34-4,36-14-13-28)21(24)22(29)33-3/h5-12,20-21,26,28H,13-15H2,1-4H3. The number of benzene rings is 2. The van der Waals surface area contributed by atoms with Gasteiger partial charge in [-0.05, 0) is 12.1 Å². The van der Waals surface area contributed by atoms with Crippen LogP contribution in [0.3, 0.4) is 0 Å². The van der Waals surface area contributed by atoms with Crippen molar-refractivity contribution in [1.29, 1.82) is 0 Å². The first-order chi connectivity index (χ1) is 17.6. The number of carbonyl (C=O) groups is 2. The summed E-state index contributed by atoms with van der Waals surface area (Å²) in [5.41, 5.74) is -0.635. The summed E-state index contributed by atoms with van der Waals surface area (Å²) in [6.07, 6.45) is 2.33. The van der Waals surface area contributed by atoms with E-state index in [1.54, 1.807) is 30.4 Å². The van der Waals surface area contributed by atoms with Gasteiger partial charge in [0.1, 0.15) is 17.6 Å². The van der Waals surface area contributed by atoms with Crippen molar-refractivity contribution in [3.8, 4) is 0 Å². The van der Waals surface area contributed by atoms with Crippen LogP contribution < -0.4 is 9.62 Å². The number of carbonyl (C=O) groups excluding carboxylic acids is 2. The number of aliphatic hydroxyl groups is 1. The largest absolute Gasteiger partial charge is 0.469 e. The van der Waals surface area contributed by atoms with Gasteiger partial charge in [0, 0.05) is 42.9 Å². The smallest absolute Gasteiger partial charge is 0.326 e. The molecule has 2 N–H and O–H groups in total. The fraction of sp³-hybridized carbons (Fsp3) is 0.440. The van der Waals surface area contributed by atoms with Crippen molar-refractivity contribution in [3.63, 3.8) is 0 Å². The Kier molecular flexibility index (Phi) is 7.59. The number of fused-ring (bicyclic) bond motifs is 3. The first-order valence-electron chi connectivity index (χ1n) is 11.5. The Balaban J connectivity index is 1.73. The number of anilines is 1. The number of aliphatic hydroxyl groups excluding tert-OH is 1. The summed E-state index contributed by atoms with van der Waals surface area (Å²) in [6, 6.07) is 10.5. The van der Waals surface area contributed by atoms with E-state index >= 15 is 0 Å². The molecule has 0 radical (unpaired) electrons. The molecule has 2 aliphatic heterocycles. The number of methoxy groups -OCH3 is 2. The monoisotopic (exact) mass is 550 g/mol. The first-order valence-corrected chi connectivity index (χ1v) is 14.0. The average Bonchev–Trinajstić information content (AvgIpc) is 3.45. The van der Waals surface area contributed by atoms with Gasteiger partial charge in [0.05, 0.1) is 25.7 Å². The summed E-state index contributed by atoms with van der Waals surface area (Å²) in [5.74, 6) is -2.56. The highest BCUT2D eigenvalue weighted by Gasteiger charge is 2.72. The van der Waals surface area contributed by atoms with E-state index in [4.69, 9.17) is 14.2 Å². The van der Waals surface area contributed by atoms with Crippen LogP contribution in [0.5, 0.6) is 0 Å². The maximum Gasteiger partial charge on any atom is 0.326 e. The third kappa shape index (κ3) is 4.40. The predicted octanol–water partition coefficient (Wildman–Crippen LogP) is 1.32. The molecule has 200 valence electrons. The van der Waals surface area contributed by atoms with Crippen LogP contribution in [-0.4, -0.2) is 89.1 Å². The van der Waals surface area contributed by atoms with E-state index in [2.05, 4.69) is 4.72 Å². The van der Waals surface area contributed by atoms with E-state index in [9.17, 15) is 23.1 Å². The molecule has 0 amide bonds. The molecule has 0 spiro atoms. The lowest BCUT2D eigenvalue weighted by Gasteiger charge is -2.38. The van der Waals surface area contributed by atoms with Gasteiger partial charge in [0.25, 0.3) is 0 Å². The summed E-state index contributed by atoms with van der Waals surface area (Å²) < 4.78 is 44.4. The summed E-state index contributed by atoms with van der Waals surface area (Å²) in [5, 5.41) is 10.8. The number of hydrogen-bond donors (Lipinski definition) is 2. The lowest BCUT2D eigenvalue weighted by atomic mass is 9.74. The van der Waals surface area contributed by atoms with Crippen LogP contribution in [-0.2, 0) is 33.8 Å². The van der Waals surface area contributed by atoms with Gasteiger partial charge in [0.2, 0.25) is 10.0 Å². The van der Waals surface area contributed by atoms with E-state index in [-0.39, 0.29) is 23.8 Å². The van der Waals surface area contributed by atoms with Crippen molar-refractivity contribution < 1.29 is 37.3 Å². The van der Waals surface area contributed by atoms with Crippen LogP contribution in [0, 0.1) is 5.92 Å². The Morgan fingerprint density at radius 2 is 1.84 bits per heavy atom. The van der Waals surface area contributed by atoms with Crippen LogP contribution in [0.4, 0.5) is 5.69 Å². The summed E-state index contributed by atoms with van der Waals surface area (Å²) in [6.45, 7) is -0.576. The van der Waals surface area contributed by atoms with Gasteiger partial charge in [-0.3, -0.25) is 9.59 Å². The second kappa shape index (κ2) is 10.3. The van der Waals surface area contributed by atoms with Gasteiger partial charge >= 0.3 is 11.9 Å². The van der Waals surface area contributed by atoms with Crippen LogP contribution >= 0.6 is 11.8 Å². The molecule has 37 heavy (non-hydrogen) atoms. The van der Waals surface area contributed by atoms with Gasteiger partial charge in [-0.25, -0.2) is 13.1 Å². The Bertz CT molecular complexity index is 1350. The van der Waals surface area contributed by atoms with Crippen molar-refractivity contribution in [2.75, 3.05) is 52.1 Å². The third-order valence-electron chi connectivity index (χ3n) is 6.78. The van der Waals surface area contributed by atoms with Crippen LogP contribution in [0.15, 0.2) is 53.4 Å². The molecule has 1 fully saturated rings. The van der Waals surface area contributed by atoms with Gasteiger partial charge < -0.3 is 24.2 Å². The number of ether oxygens (including phenoxy) is 3. The fourth-order valence-electron chi connectivity index (χ4n) is 5.19. The van der Waals surface area contributed by atoms with E-state index in [1.165, 1.54) is 20.3 Å². The average molecular weight is 551 g/mol. The SMILES string of the molecule is COC(=O)C1C2(CNS(=O)(=O)c3cccc4c(N(C)C)cccc34)C=CC(O2)C1(SCCO)C(=O)OC. The highest BCUT2D eigenvalue weighted by Crippen LogP contribution is 2.56. The third-order valence-corrected chi connectivity index (χ3v) is 9.74. The zero-order valence-corrected chi connectivity index (χ0v) is 22.6. The Morgan fingerprint density at radius 1 is 1.14 bits per heavy atom. The molecule has 0 aromatic heterocycles. The molecule has 2 aromatic rings. The molecule has 2 aromatic carbocycles.